The van der Waals surface area contributed by atoms with Crippen LogP contribution in [0.4, 0.5) is 0 Å². The average Bonchev–Trinajstić information content (AvgIpc) is 2.66. The van der Waals surface area contributed by atoms with E-state index in [2.05, 4.69) is 12.2 Å². The van der Waals surface area contributed by atoms with Gasteiger partial charge in [0.2, 0.25) is 5.91 Å². The zero-order chi connectivity index (χ0) is 9.35. The summed E-state index contributed by atoms with van der Waals surface area (Å²) in [7, 11) is 0. The molecule has 70 valence electrons. The second kappa shape index (κ2) is 3.05. The van der Waals surface area contributed by atoms with E-state index in [0.29, 0.717) is 0 Å². The Morgan fingerprint density at radius 3 is 2.33 bits per heavy atom. The van der Waals surface area contributed by atoms with E-state index in [9.17, 15) is 4.79 Å². The Labute approximate surface area is 73.7 Å². The van der Waals surface area contributed by atoms with Gasteiger partial charge in [-0.05, 0) is 25.7 Å². The predicted molar refractivity (Wildman–Crippen MR) is 48.6 cm³/mol. The number of hydrogen-bond acceptors (Lipinski definition) is 2. The summed E-state index contributed by atoms with van der Waals surface area (Å²) in [4.78, 5) is 11.4. The van der Waals surface area contributed by atoms with E-state index in [0.717, 1.165) is 12.8 Å². The summed E-state index contributed by atoms with van der Waals surface area (Å²) in [5.74, 6) is 0.206. The Morgan fingerprint density at radius 2 is 2.00 bits per heavy atom. The van der Waals surface area contributed by atoms with Gasteiger partial charge in [0.05, 0.1) is 6.04 Å². The van der Waals surface area contributed by atoms with Gasteiger partial charge in [-0.15, -0.1) is 0 Å². The summed E-state index contributed by atoms with van der Waals surface area (Å²) >= 11 is 0. The Hall–Kier alpha value is -0.570. The molecule has 0 bridgehead atoms. The fourth-order valence-corrected chi connectivity index (χ4v) is 0.996. The molecule has 0 aromatic rings. The molecule has 3 heteroatoms. The van der Waals surface area contributed by atoms with Crippen molar-refractivity contribution in [1.29, 1.82) is 0 Å². The maximum atomic E-state index is 11.4. The van der Waals surface area contributed by atoms with Gasteiger partial charge in [-0.2, -0.15) is 0 Å². The van der Waals surface area contributed by atoms with Crippen LogP contribution >= 0.6 is 0 Å². The van der Waals surface area contributed by atoms with E-state index >= 15 is 0 Å². The Bertz CT molecular complexity index is 185. The van der Waals surface area contributed by atoms with Crippen LogP contribution in [0.1, 0.15) is 33.6 Å². The lowest BCUT2D eigenvalue weighted by Crippen LogP contribution is -2.47. The minimum absolute atomic E-state index is 0.00926. The lowest BCUT2D eigenvalue weighted by atomic mass is 10.0. The highest BCUT2D eigenvalue weighted by Crippen LogP contribution is 2.34. The Balaban J connectivity index is 2.37. The quantitative estimate of drug-likeness (QED) is 0.653. The molecule has 1 unspecified atom stereocenters. The van der Waals surface area contributed by atoms with E-state index in [1.165, 1.54) is 0 Å². The molecule has 0 aromatic heterocycles. The van der Waals surface area contributed by atoms with Crippen LogP contribution in [-0.4, -0.2) is 17.5 Å². The Kier molecular flexibility index (Phi) is 2.42. The van der Waals surface area contributed by atoms with E-state index in [-0.39, 0.29) is 23.4 Å². The van der Waals surface area contributed by atoms with Crippen molar-refractivity contribution in [2.45, 2.75) is 45.2 Å². The number of carbonyl (C=O) groups is 1. The van der Waals surface area contributed by atoms with Gasteiger partial charge in [-0.3, -0.25) is 4.79 Å². The van der Waals surface area contributed by atoms with Gasteiger partial charge in [-0.1, -0.05) is 13.8 Å². The summed E-state index contributed by atoms with van der Waals surface area (Å²) in [6.45, 7) is 5.97. The van der Waals surface area contributed by atoms with Crippen LogP contribution in [0.15, 0.2) is 0 Å². The molecule has 1 rings (SSSR count). The molecule has 0 heterocycles. The summed E-state index contributed by atoms with van der Waals surface area (Å²) in [5, 5.41) is 2.95. The van der Waals surface area contributed by atoms with Crippen molar-refractivity contribution in [3.05, 3.63) is 0 Å². The van der Waals surface area contributed by atoms with Gasteiger partial charge in [0.25, 0.3) is 0 Å². The smallest absolute Gasteiger partial charge is 0.237 e. The van der Waals surface area contributed by atoms with Crippen LogP contribution in [0.2, 0.25) is 0 Å². The monoisotopic (exact) mass is 170 g/mol. The molecular formula is C9H18N2O. The number of nitrogens with two attached hydrogens (primary N) is 1. The van der Waals surface area contributed by atoms with Crippen molar-refractivity contribution >= 4 is 5.91 Å². The zero-order valence-corrected chi connectivity index (χ0v) is 8.05. The molecular weight excluding hydrogens is 152 g/mol. The zero-order valence-electron chi connectivity index (χ0n) is 8.05. The molecule has 0 saturated heterocycles. The van der Waals surface area contributed by atoms with Crippen LogP contribution < -0.4 is 11.1 Å². The summed E-state index contributed by atoms with van der Waals surface area (Å²) in [6.07, 6.45) is 2.17. The lowest BCUT2D eigenvalue weighted by molar-refractivity contribution is -0.124. The van der Waals surface area contributed by atoms with Gasteiger partial charge < -0.3 is 11.1 Å². The van der Waals surface area contributed by atoms with Crippen molar-refractivity contribution < 1.29 is 4.79 Å². The third kappa shape index (κ3) is 2.21. The molecule has 0 aliphatic heterocycles. The average molecular weight is 170 g/mol. The number of nitrogens with one attached hydrogen (secondary N) is 1. The van der Waals surface area contributed by atoms with Crippen molar-refractivity contribution in [2.24, 2.45) is 11.7 Å². The molecule has 0 radical (unpaired) electrons. The molecule has 12 heavy (non-hydrogen) atoms. The van der Waals surface area contributed by atoms with E-state index in [4.69, 9.17) is 5.73 Å². The first-order valence-corrected chi connectivity index (χ1v) is 4.52. The summed E-state index contributed by atoms with van der Waals surface area (Å²) in [6, 6.07) is -0.359. The molecule has 3 nitrogen and oxygen atoms in total. The molecule has 3 N–H and O–H groups in total. The third-order valence-electron chi connectivity index (χ3n) is 2.45. The van der Waals surface area contributed by atoms with Gasteiger partial charge >= 0.3 is 0 Å². The minimum atomic E-state index is -0.359. The summed E-state index contributed by atoms with van der Waals surface area (Å²) in [5.41, 5.74) is 5.74. The lowest BCUT2D eigenvalue weighted by Gasteiger charge is -2.18. The van der Waals surface area contributed by atoms with Crippen LogP contribution in [-0.2, 0) is 4.79 Å². The Morgan fingerprint density at radius 1 is 1.50 bits per heavy atom. The van der Waals surface area contributed by atoms with Gasteiger partial charge in [0.15, 0.2) is 0 Å². The number of hydrogen-bond donors (Lipinski definition) is 2. The van der Waals surface area contributed by atoms with E-state index in [1.807, 2.05) is 13.8 Å². The first-order valence-electron chi connectivity index (χ1n) is 4.52. The van der Waals surface area contributed by atoms with Crippen LogP contribution in [0, 0.1) is 5.92 Å². The number of carbonyl (C=O) groups excluding carboxylic acids is 1. The molecule has 1 saturated carbocycles. The first-order chi connectivity index (χ1) is 5.44. The number of rotatable bonds is 3. The van der Waals surface area contributed by atoms with Crippen LogP contribution in [0.25, 0.3) is 0 Å². The molecule has 0 aromatic carbocycles. The first kappa shape index (κ1) is 9.52. The van der Waals surface area contributed by atoms with Crippen molar-refractivity contribution in [3.63, 3.8) is 0 Å². The van der Waals surface area contributed by atoms with Crippen LogP contribution in [0.3, 0.4) is 0 Å². The predicted octanol–water partition coefficient (Wildman–Crippen LogP) is 0.638. The van der Waals surface area contributed by atoms with Crippen molar-refractivity contribution in [2.75, 3.05) is 0 Å². The fraction of sp³-hybridized carbons (Fsp3) is 0.889. The molecule has 1 atom stereocenters. The third-order valence-corrected chi connectivity index (χ3v) is 2.45. The highest BCUT2D eigenvalue weighted by molar-refractivity contribution is 5.82. The van der Waals surface area contributed by atoms with Gasteiger partial charge in [0, 0.05) is 5.54 Å². The second-order valence-electron chi connectivity index (χ2n) is 4.32. The molecule has 1 fully saturated rings. The SMILES string of the molecule is CC(C)C(N)C(=O)NC1(C)CC1. The van der Waals surface area contributed by atoms with Crippen molar-refractivity contribution in [3.8, 4) is 0 Å². The maximum absolute atomic E-state index is 11.4. The highest BCUT2D eigenvalue weighted by atomic mass is 16.2. The largest absolute Gasteiger partial charge is 0.350 e. The normalized spacial score (nSPS) is 22.1. The molecule has 1 aliphatic rings. The molecule has 1 aliphatic carbocycles. The molecule has 1 amide bonds. The minimum Gasteiger partial charge on any atom is -0.350 e. The van der Waals surface area contributed by atoms with Crippen LogP contribution in [0.5, 0.6) is 0 Å². The molecule has 0 spiro atoms. The highest BCUT2D eigenvalue weighted by Gasteiger charge is 2.39. The van der Waals surface area contributed by atoms with Gasteiger partial charge in [-0.25, -0.2) is 0 Å². The second-order valence-corrected chi connectivity index (χ2v) is 4.32. The van der Waals surface area contributed by atoms with Gasteiger partial charge in [0.1, 0.15) is 0 Å². The van der Waals surface area contributed by atoms with E-state index < -0.39 is 0 Å². The topological polar surface area (TPSA) is 55.1 Å². The fourth-order valence-electron chi connectivity index (χ4n) is 0.996. The number of amides is 1. The maximum Gasteiger partial charge on any atom is 0.237 e. The van der Waals surface area contributed by atoms with Crippen molar-refractivity contribution in [1.82, 2.24) is 5.32 Å². The summed E-state index contributed by atoms with van der Waals surface area (Å²) < 4.78 is 0. The van der Waals surface area contributed by atoms with E-state index in [1.54, 1.807) is 0 Å². The standard InChI is InChI=1S/C9H18N2O/c1-6(2)7(10)8(12)11-9(3)4-5-9/h6-7H,4-5,10H2,1-3H3,(H,11,12).